The summed E-state index contributed by atoms with van der Waals surface area (Å²) in [5, 5.41) is 18.8. The lowest BCUT2D eigenvalue weighted by atomic mass is 10.3. The van der Waals surface area contributed by atoms with Gasteiger partial charge in [0.2, 0.25) is 0 Å². The number of nitrogen functional groups attached to an aromatic ring is 2. The third kappa shape index (κ3) is 3.93. The first-order valence-electron chi connectivity index (χ1n) is 7.60. The van der Waals surface area contributed by atoms with Crippen molar-refractivity contribution in [3.63, 3.8) is 0 Å². The van der Waals surface area contributed by atoms with Gasteiger partial charge in [0, 0.05) is 30.8 Å². The molecule has 1 aromatic carbocycles. The predicted octanol–water partition coefficient (Wildman–Crippen LogP) is 2.16. The van der Waals surface area contributed by atoms with Gasteiger partial charge in [0.05, 0.1) is 26.8 Å². The minimum Gasteiger partial charge on any atom is -0.382 e. The van der Waals surface area contributed by atoms with E-state index in [0.29, 0.717) is 5.69 Å². The molecule has 3 aromatic rings. The number of hydrogen-bond donors (Lipinski definition) is 2. The van der Waals surface area contributed by atoms with Gasteiger partial charge in [-0.3, -0.25) is 19.3 Å². The lowest BCUT2D eigenvalue weighted by Crippen LogP contribution is -2.02. The zero-order valence-corrected chi connectivity index (χ0v) is 15.2. The van der Waals surface area contributed by atoms with Gasteiger partial charge in [-0.15, -0.1) is 10.2 Å². The zero-order chi connectivity index (χ0) is 20.3. The van der Waals surface area contributed by atoms with Crippen LogP contribution in [0.4, 0.5) is 28.7 Å². The number of anilines is 2. The van der Waals surface area contributed by atoms with Gasteiger partial charge in [-0.05, 0) is 6.07 Å². The molecule has 1 unspecified atom stereocenters. The summed E-state index contributed by atoms with van der Waals surface area (Å²) in [4.78, 5) is 26.6. The quantitative estimate of drug-likeness (QED) is 0.368. The fourth-order valence-electron chi connectivity index (χ4n) is 2.15. The van der Waals surface area contributed by atoms with E-state index in [2.05, 4.69) is 30.2 Å². The highest BCUT2D eigenvalue weighted by Crippen LogP contribution is 2.33. The van der Waals surface area contributed by atoms with Crippen LogP contribution in [0.2, 0.25) is 0 Å². The third-order valence-electron chi connectivity index (χ3n) is 3.45. The second kappa shape index (κ2) is 7.79. The van der Waals surface area contributed by atoms with Crippen molar-refractivity contribution < 1.29 is 9.13 Å². The number of nitrogens with zero attached hydrogens (tertiary/aromatic N) is 7. The summed E-state index contributed by atoms with van der Waals surface area (Å²) in [7, 11) is -1.53. The summed E-state index contributed by atoms with van der Waals surface area (Å²) in [5.41, 5.74) is 12.2. The highest BCUT2D eigenvalue weighted by Gasteiger charge is 2.15. The second-order valence-electron chi connectivity index (χ2n) is 5.32. The van der Waals surface area contributed by atoms with Crippen LogP contribution in [0.25, 0.3) is 11.5 Å². The second-order valence-corrected chi connectivity index (χ2v) is 6.67. The highest BCUT2D eigenvalue weighted by molar-refractivity contribution is 7.84. The van der Waals surface area contributed by atoms with E-state index in [-0.39, 0.29) is 39.4 Å². The average molecular weight is 399 g/mol. The third-order valence-corrected chi connectivity index (χ3v) is 4.40. The number of nitro benzene ring substituents is 1. The van der Waals surface area contributed by atoms with Gasteiger partial charge in [0.25, 0.3) is 5.69 Å². The van der Waals surface area contributed by atoms with E-state index in [1.807, 2.05) is 0 Å². The van der Waals surface area contributed by atoms with Gasteiger partial charge in [-0.25, -0.2) is 15.0 Å². The van der Waals surface area contributed by atoms with E-state index in [9.17, 15) is 14.3 Å². The summed E-state index contributed by atoms with van der Waals surface area (Å²) in [6.45, 7) is 0. The van der Waals surface area contributed by atoms with Crippen LogP contribution in [0, 0.1) is 10.1 Å². The Labute approximate surface area is 160 Å². The molecule has 13 heteroatoms. The number of non-ortho nitro benzene ring substituents is 1. The Kier molecular flexibility index (Phi) is 5.26. The number of rotatable bonds is 5. The minimum absolute atomic E-state index is 0.0128. The molecule has 2 aromatic heterocycles. The summed E-state index contributed by atoms with van der Waals surface area (Å²) in [6.07, 6.45) is 5.80. The molecule has 0 amide bonds. The maximum atomic E-state index is 11.9. The Morgan fingerprint density at radius 1 is 1.14 bits per heavy atom. The predicted molar refractivity (Wildman–Crippen MR) is 101 cm³/mol. The molecule has 0 fully saturated rings. The highest BCUT2D eigenvalue weighted by atomic mass is 32.2. The van der Waals surface area contributed by atoms with Crippen molar-refractivity contribution in [2.75, 3.05) is 17.7 Å². The van der Waals surface area contributed by atoms with Crippen LogP contribution in [0.15, 0.2) is 51.9 Å². The van der Waals surface area contributed by atoms with Crippen molar-refractivity contribution in [3.05, 3.63) is 46.9 Å². The first kappa shape index (κ1) is 18.9. The number of aromatic nitrogens is 4. The molecule has 12 nitrogen and oxygen atoms in total. The number of nitrogens with two attached hydrogens (primary N) is 2. The van der Waals surface area contributed by atoms with E-state index >= 15 is 0 Å². The fourth-order valence-corrected chi connectivity index (χ4v) is 2.85. The Bertz CT molecular complexity index is 1080. The normalized spacial score (nSPS) is 12.2. The topological polar surface area (TPSA) is 189 Å². The molecule has 0 saturated carbocycles. The summed E-state index contributed by atoms with van der Waals surface area (Å²) in [6, 6.07) is 3.73. The van der Waals surface area contributed by atoms with Gasteiger partial charge in [0.1, 0.15) is 11.4 Å². The summed E-state index contributed by atoms with van der Waals surface area (Å²) < 4.78 is 11.9. The lowest BCUT2D eigenvalue weighted by molar-refractivity contribution is -0.385. The number of hydrogen-bond acceptors (Lipinski definition) is 11. The number of azo groups is 1. The van der Waals surface area contributed by atoms with Crippen molar-refractivity contribution >= 4 is 39.5 Å². The molecule has 2 heterocycles. The van der Waals surface area contributed by atoms with Crippen LogP contribution in [0.5, 0.6) is 0 Å². The van der Waals surface area contributed by atoms with Crippen molar-refractivity contribution in [1.82, 2.24) is 19.9 Å². The van der Waals surface area contributed by atoms with Crippen LogP contribution < -0.4 is 11.5 Å². The molecular weight excluding hydrogens is 386 g/mol. The maximum Gasteiger partial charge on any atom is 0.270 e. The molecule has 0 aliphatic carbocycles. The standard InChI is InChI=1S/C15H13N9O3S/c1-28(27)11-6-8(24(25)26)2-3-9(11)22-23-12-13(16)20-15(21-14(12)17)10-7-18-4-5-19-10/h2-7H,1H3,(H4,16,17,20,21). The Morgan fingerprint density at radius 3 is 2.43 bits per heavy atom. The van der Waals surface area contributed by atoms with Crippen LogP contribution in [0.3, 0.4) is 0 Å². The monoisotopic (exact) mass is 399 g/mol. The summed E-state index contributed by atoms with van der Waals surface area (Å²) in [5.74, 6) is 0.0868. The molecule has 0 spiro atoms. The number of benzene rings is 1. The molecule has 142 valence electrons. The first-order chi connectivity index (χ1) is 13.4. The van der Waals surface area contributed by atoms with Crippen molar-refractivity contribution in [2.24, 2.45) is 10.2 Å². The van der Waals surface area contributed by atoms with Crippen molar-refractivity contribution in [2.45, 2.75) is 4.90 Å². The largest absolute Gasteiger partial charge is 0.382 e. The molecule has 4 N–H and O–H groups in total. The molecule has 0 radical (unpaired) electrons. The van der Waals surface area contributed by atoms with Gasteiger partial charge < -0.3 is 11.5 Å². The van der Waals surface area contributed by atoms with Gasteiger partial charge in [0.15, 0.2) is 23.1 Å². The van der Waals surface area contributed by atoms with Crippen LogP contribution in [0.1, 0.15) is 0 Å². The average Bonchev–Trinajstić information content (AvgIpc) is 2.67. The van der Waals surface area contributed by atoms with E-state index in [1.165, 1.54) is 43.0 Å². The Hall–Kier alpha value is -3.87. The molecule has 0 aliphatic heterocycles. The smallest absolute Gasteiger partial charge is 0.270 e. The van der Waals surface area contributed by atoms with Crippen molar-refractivity contribution in [1.29, 1.82) is 0 Å². The SMILES string of the molecule is CS(=O)c1cc([N+](=O)[O-])ccc1N=Nc1c(N)nc(-c2cnccn2)nc1N. The van der Waals surface area contributed by atoms with E-state index in [4.69, 9.17) is 11.5 Å². The summed E-state index contributed by atoms with van der Waals surface area (Å²) >= 11 is 0. The molecule has 28 heavy (non-hydrogen) atoms. The van der Waals surface area contributed by atoms with E-state index in [1.54, 1.807) is 0 Å². The Morgan fingerprint density at radius 2 is 1.86 bits per heavy atom. The maximum absolute atomic E-state index is 11.9. The minimum atomic E-state index is -1.53. The lowest BCUT2D eigenvalue weighted by Gasteiger charge is -2.06. The number of nitro groups is 1. The van der Waals surface area contributed by atoms with Gasteiger partial charge in [-0.2, -0.15) is 0 Å². The molecular formula is C15H13N9O3S. The van der Waals surface area contributed by atoms with Crippen LogP contribution >= 0.6 is 0 Å². The molecule has 1 atom stereocenters. The van der Waals surface area contributed by atoms with E-state index < -0.39 is 15.7 Å². The van der Waals surface area contributed by atoms with E-state index in [0.717, 1.165) is 0 Å². The van der Waals surface area contributed by atoms with Crippen LogP contribution in [-0.4, -0.2) is 35.3 Å². The van der Waals surface area contributed by atoms with Crippen molar-refractivity contribution in [3.8, 4) is 11.5 Å². The zero-order valence-electron chi connectivity index (χ0n) is 14.4. The molecule has 3 rings (SSSR count). The molecule has 0 aliphatic rings. The fraction of sp³-hybridized carbons (Fsp3) is 0.0667. The molecule has 0 saturated heterocycles. The Balaban J connectivity index is 1.99. The first-order valence-corrected chi connectivity index (χ1v) is 9.15. The van der Waals surface area contributed by atoms with Gasteiger partial charge >= 0.3 is 0 Å². The molecule has 0 bridgehead atoms. The van der Waals surface area contributed by atoms with Crippen LogP contribution in [-0.2, 0) is 10.8 Å². The van der Waals surface area contributed by atoms with Gasteiger partial charge in [-0.1, -0.05) is 0 Å².